The Morgan fingerprint density at radius 2 is 2.00 bits per heavy atom. The van der Waals surface area contributed by atoms with Crippen LogP contribution in [0.5, 0.6) is 0 Å². The summed E-state index contributed by atoms with van der Waals surface area (Å²) in [5, 5.41) is 5.56. The summed E-state index contributed by atoms with van der Waals surface area (Å²) < 4.78 is 0. The van der Waals surface area contributed by atoms with Gasteiger partial charge in [-0.2, -0.15) is 0 Å². The van der Waals surface area contributed by atoms with E-state index in [4.69, 9.17) is 5.73 Å². The third kappa shape index (κ3) is 3.08. The van der Waals surface area contributed by atoms with E-state index in [1.807, 2.05) is 12.1 Å². The number of hydrogen-bond acceptors (Lipinski definition) is 3. The highest BCUT2D eigenvalue weighted by atomic mass is 16.2. The fourth-order valence-electron chi connectivity index (χ4n) is 1.94. The number of nitrogens with two attached hydrogens (primary N) is 1. The van der Waals surface area contributed by atoms with Crippen LogP contribution in [0.2, 0.25) is 0 Å². The van der Waals surface area contributed by atoms with Crippen molar-refractivity contribution in [2.45, 2.75) is 19.9 Å². The number of urea groups is 1. The molecule has 0 radical (unpaired) electrons. The van der Waals surface area contributed by atoms with Gasteiger partial charge in [-0.05, 0) is 31.2 Å². The van der Waals surface area contributed by atoms with E-state index >= 15 is 0 Å². The van der Waals surface area contributed by atoms with Crippen molar-refractivity contribution < 1.29 is 9.59 Å². The van der Waals surface area contributed by atoms with Gasteiger partial charge in [0.2, 0.25) is 5.91 Å². The molecule has 1 fully saturated rings. The Labute approximate surface area is 118 Å². The molecule has 4 N–H and O–H groups in total. The summed E-state index contributed by atoms with van der Waals surface area (Å²) in [6.07, 6.45) is 0. The van der Waals surface area contributed by atoms with Crippen molar-refractivity contribution >= 4 is 23.3 Å². The van der Waals surface area contributed by atoms with E-state index in [1.54, 1.807) is 30.9 Å². The Balaban J connectivity index is 2.01. The monoisotopic (exact) mass is 276 g/mol. The second-order valence-corrected chi connectivity index (χ2v) is 5.07. The first kappa shape index (κ1) is 14.3. The molecule has 108 valence electrons. The minimum atomic E-state index is -0.251. The first-order valence-corrected chi connectivity index (χ1v) is 6.71. The van der Waals surface area contributed by atoms with Crippen molar-refractivity contribution in [1.29, 1.82) is 0 Å². The zero-order valence-electron chi connectivity index (χ0n) is 11.7. The molecule has 1 aliphatic heterocycles. The van der Waals surface area contributed by atoms with Crippen molar-refractivity contribution in [3.05, 3.63) is 24.3 Å². The fourth-order valence-corrected chi connectivity index (χ4v) is 1.94. The molecule has 6 nitrogen and oxygen atoms in total. The number of hydrogen-bond donors (Lipinski definition) is 3. The molecule has 0 saturated carbocycles. The number of carbonyl (C=O) groups excluding carboxylic acids is 2. The van der Waals surface area contributed by atoms with E-state index in [-0.39, 0.29) is 23.9 Å². The standard InChI is InChI=1S/C14H20N4O2/c1-9(10(2)15)13(19)17-11-3-5-12(6-4-11)18-8-7-16-14(18)20/h3-6,9-10H,7-8,15H2,1-2H3,(H,16,20)(H,17,19). The van der Waals surface area contributed by atoms with Crippen molar-refractivity contribution in [3.63, 3.8) is 0 Å². The highest BCUT2D eigenvalue weighted by Gasteiger charge is 2.21. The molecule has 1 aromatic carbocycles. The Bertz CT molecular complexity index is 498. The third-order valence-electron chi connectivity index (χ3n) is 3.51. The van der Waals surface area contributed by atoms with Crippen molar-refractivity contribution in [1.82, 2.24) is 5.32 Å². The average Bonchev–Trinajstić information content (AvgIpc) is 2.85. The summed E-state index contributed by atoms with van der Waals surface area (Å²) in [6.45, 7) is 4.91. The van der Waals surface area contributed by atoms with Gasteiger partial charge in [-0.25, -0.2) is 4.79 Å². The molecular formula is C14H20N4O2. The molecule has 2 unspecified atom stereocenters. The molecule has 3 amide bonds. The average molecular weight is 276 g/mol. The molecule has 0 aromatic heterocycles. The molecule has 1 heterocycles. The normalized spacial score (nSPS) is 17.6. The summed E-state index contributed by atoms with van der Waals surface area (Å²) in [6, 6.07) is 6.92. The highest BCUT2D eigenvalue weighted by molar-refractivity contribution is 5.95. The van der Waals surface area contributed by atoms with E-state index in [0.717, 1.165) is 5.69 Å². The van der Waals surface area contributed by atoms with Crippen LogP contribution < -0.4 is 21.3 Å². The smallest absolute Gasteiger partial charge is 0.321 e. The van der Waals surface area contributed by atoms with Crippen LogP contribution in [-0.2, 0) is 4.79 Å². The minimum absolute atomic E-state index is 0.0904. The molecular weight excluding hydrogens is 256 g/mol. The first-order chi connectivity index (χ1) is 9.49. The lowest BCUT2D eigenvalue weighted by Gasteiger charge is -2.17. The van der Waals surface area contributed by atoms with Crippen LogP contribution in [-0.4, -0.2) is 31.1 Å². The molecule has 1 aliphatic rings. The van der Waals surface area contributed by atoms with Crippen molar-refractivity contribution in [2.75, 3.05) is 23.3 Å². The Morgan fingerprint density at radius 3 is 2.50 bits per heavy atom. The second-order valence-electron chi connectivity index (χ2n) is 5.07. The fraction of sp³-hybridized carbons (Fsp3) is 0.429. The summed E-state index contributed by atoms with van der Waals surface area (Å²) in [7, 11) is 0. The number of carbonyl (C=O) groups is 2. The number of nitrogens with zero attached hydrogens (tertiary/aromatic N) is 1. The number of anilines is 2. The van der Waals surface area contributed by atoms with Crippen LogP contribution >= 0.6 is 0 Å². The van der Waals surface area contributed by atoms with Gasteiger partial charge in [0.15, 0.2) is 0 Å². The van der Waals surface area contributed by atoms with Gasteiger partial charge < -0.3 is 16.4 Å². The topological polar surface area (TPSA) is 87.5 Å². The van der Waals surface area contributed by atoms with Gasteiger partial charge in [0.05, 0.1) is 5.92 Å². The Morgan fingerprint density at radius 1 is 1.35 bits per heavy atom. The van der Waals surface area contributed by atoms with E-state index in [1.165, 1.54) is 0 Å². The van der Waals surface area contributed by atoms with Crippen LogP contribution in [0.3, 0.4) is 0 Å². The molecule has 0 spiro atoms. The number of nitrogens with one attached hydrogen (secondary N) is 2. The summed E-state index contributed by atoms with van der Waals surface area (Å²) >= 11 is 0. The third-order valence-corrected chi connectivity index (χ3v) is 3.51. The van der Waals surface area contributed by atoms with Crippen LogP contribution in [0.1, 0.15) is 13.8 Å². The summed E-state index contributed by atoms with van der Waals surface area (Å²) in [5.74, 6) is -0.356. The molecule has 1 aromatic rings. The SMILES string of the molecule is CC(N)C(C)C(=O)Nc1ccc(N2CCNC2=O)cc1. The zero-order valence-corrected chi connectivity index (χ0v) is 11.7. The second kappa shape index (κ2) is 5.92. The number of amides is 3. The molecule has 6 heteroatoms. The van der Waals surface area contributed by atoms with Gasteiger partial charge in [-0.15, -0.1) is 0 Å². The van der Waals surface area contributed by atoms with Gasteiger partial charge in [0.1, 0.15) is 0 Å². The van der Waals surface area contributed by atoms with Gasteiger partial charge in [-0.3, -0.25) is 9.69 Å². The number of rotatable bonds is 4. The first-order valence-electron chi connectivity index (χ1n) is 6.71. The maximum Gasteiger partial charge on any atom is 0.321 e. The van der Waals surface area contributed by atoms with Gasteiger partial charge in [-0.1, -0.05) is 6.92 Å². The summed E-state index contributed by atoms with van der Waals surface area (Å²) in [5.41, 5.74) is 7.22. The van der Waals surface area contributed by atoms with Crippen LogP contribution in [0.25, 0.3) is 0 Å². The van der Waals surface area contributed by atoms with E-state index in [9.17, 15) is 9.59 Å². The zero-order chi connectivity index (χ0) is 14.7. The summed E-state index contributed by atoms with van der Waals surface area (Å²) in [4.78, 5) is 25.1. The molecule has 1 saturated heterocycles. The van der Waals surface area contributed by atoms with E-state index in [0.29, 0.717) is 18.8 Å². The van der Waals surface area contributed by atoms with Crippen LogP contribution in [0.4, 0.5) is 16.2 Å². The van der Waals surface area contributed by atoms with E-state index < -0.39 is 0 Å². The molecule has 2 rings (SSSR count). The van der Waals surface area contributed by atoms with Gasteiger partial charge >= 0.3 is 6.03 Å². The van der Waals surface area contributed by atoms with Crippen LogP contribution in [0, 0.1) is 5.92 Å². The maximum absolute atomic E-state index is 11.9. The lowest BCUT2D eigenvalue weighted by molar-refractivity contribution is -0.119. The Kier molecular flexibility index (Phi) is 4.24. The lowest BCUT2D eigenvalue weighted by atomic mass is 10.0. The predicted molar refractivity (Wildman–Crippen MR) is 78.6 cm³/mol. The quantitative estimate of drug-likeness (QED) is 0.770. The predicted octanol–water partition coefficient (Wildman–Crippen LogP) is 1.14. The minimum Gasteiger partial charge on any atom is -0.336 e. The van der Waals surface area contributed by atoms with Gasteiger partial charge in [0.25, 0.3) is 0 Å². The van der Waals surface area contributed by atoms with Crippen molar-refractivity contribution in [3.8, 4) is 0 Å². The molecule has 0 aliphatic carbocycles. The maximum atomic E-state index is 11.9. The number of benzene rings is 1. The lowest BCUT2D eigenvalue weighted by Crippen LogP contribution is -2.34. The van der Waals surface area contributed by atoms with E-state index in [2.05, 4.69) is 10.6 Å². The highest BCUT2D eigenvalue weighted by Crippen LogP contribution is 2.20. The molecule has 2 atom stereocenters. The molecule has 0 bridgehead atoms. The largest absolute Gasteiger partial charge is 0.336 e. The molecule has 20 heavy (non-hydrogen) atoms. The Hall–Kier alpha value is -2.08. The van der Waals surface area contributed by atoms with Gasteiger partial charge in [0, 0.05) is 30.5 Å². The van der Waals surface area contributed by atoms with Crippen LogP contribution in [0.15, 0.2) is 24.3 Å². The van der Waals surface area contributed by atoms with Crippen molar-refractivity contribution in [2.24, 2.45) is 11.7 Å².